The number of pyridine rings is 1. The van der Waals surface area contributed by atoms with Gasteiger partial charge in [0.25, 0.3) is 0 Å². The van der Waals surface area contributed by atoms with Gasteiger partial charge in [0.1, 0.15) is 0 Å². The van der Waals surface area contributed by atoms with E-state index in [1.165, 1.54) is 12.8 Å². The SMILES string of the molecule is N[C@@H](CC1CC1)C(=O)Nc1cc(Br)cnc1Cl. The van der Waals surface area contributed by atoms with Gasteiger partial charge in [0.2, 0.25) is 5.91 Å². The van der Waals surface area contributed by atoms with E-state index in [9.17, 15) is 4.79 Å². The Morgan fingerprint density at radius 1 is 1.71 bits per heavy atom. The van der Waals surface area contributed by atoms with Crippen LogP contribution in [0.4, 0.5) is 5.69 Å². The van der Waals surface area contributed by atoms with E-state index >= 15 is 0 Å². The maximum absolute atomic E-state index is 11.8. The first-order chi connectivity index (χ1) is 8.06. The highest BCUT2D eigenvalue weighted by molar-refractivity contribution is 9.10. The van der Waals surface area contributed by atoms with Crippen LogP contribution >= 0.6 is 27.5 Å². The quantitative estimate of drug-likeness (QED) is 0.838. The summed E-state index contributed by atoms with van der Waals surface area (Å²) in [5.74, 6) is 0.408. The first kappa shape index (κ1) is 12.8. The number of halogens is 2. The molecule has 4 nitrogen and oxygen atoms in total. The molecule has 17 heavy (non-hydrogen) atoms. The molecule has 0 spiro atoms. The zero-order valence-electron chi connectivity index (χ0n) is 9.12. The third kappa shape index (κ3) is 3.66. The van der Waals surface area contributed by atoms with E-state index in [0.29, 0.717) is 11.6 Å². The number of nitrogens with one attached hydrogen (secondary N) is 1. The van der Waals surface area contributed by atoms with Crippen molar-refractivity contribution in [3.63, 3.8) is 0 Å². The molecular formula is C11H13BrClN3O. The minimum Gasteiger partial charge on any atom is -0.322 e. The number of hydrogen-bond acceptors (Lipinski definition) is 3. The Morgan fingerprint density at radius 2 is 2.41 bits per heavy atom. The summed E-state index contributed by atoms with van der Waals surface area (Å²) in [4.78, 5) is 15.7. The van der Waals surface area contributed by atoms with E-state index in [1.54, 1.807) is 12.3 Å². The van der Waals surface area contributed by atoms with Gasteiger partial charge in [-0.3, -0.25) is 4.79 Å². The maximum Gasteiger partial charge on any atom is 0.241 e. The van der Waals surface area contributed by atoms with Crippen molar-refractivity contribution in [2.45, 2.75) is 25.3 Å². The van der Waals surface area contributed by atoms with Crippen LogP contribution < -0.4 is 11.1 Å². The normalized spacial score (nSPS) is 16.6. The predicted octanol–water partition coefficient (Wildman–Crippen LogP) is 2.56. The zero-order valence-corrected chi connectivity index (χ0v) is 11.5. The highest BCUT2D eigenvalue weighted by Crippen LogP contribution is 2.33. The summed E-state index contributed by atoms with van der Waals surface area (Å²) in [5, 5.41) is 2.96. The summed E-state index contributed by atoms with van der Waals surface area (Å²) in [6.07, 6.45) is 4.67. The van der Waals surface area contributed by atoms with Gasteiger partial charge in [-0.15, -0.1) is 0 Å². The lowest BCUT2D eigenvalue weighted by Gasteiger charge is -2.12. The Morgan fingerprint density at radius 3 is 3.06 bits per heavy atom. The van der Waals surface area contributed by atoms with Gasteiger partial charge in [0, 0.05) is 10.7 Å². The summed E-state index contributed by atoms with van der Waals surface area (Å²) < 4.78 is 0.757. The van der Waals surface area contributed by atoms with Crippen molar-refractivity contribution in [3.8, 4) is 0 Å². The molecule has 0 radical (unpaired) electrons. The lowest BCUT2D eigenvalue weighted by molar-refractivity contribution is -0.117. The Labute approximate surface area is 113 Å². The molecule has 1 aliphatic rings. The van der Waals surface area contributed by atoms with Crippen molar-refractivity contribution in [2.24, 2.45) is 11.7 Å². The Balaban J connectivity index is 1.98. The van der Waals surface area contributed by atoms with Gasteiger partial charge in [0.15, 0.2) is 5.15 Å². The van der Waals surface area contributed by atoms with Crippen LogP contribution in [-0.4, -0.2) is 16.9 Å². The molecule has 2 rings (SSSR count). The Kier molecular flexibility index (Phi) is 4.01. The van der Waals surface area contributed by atoms with Gasteiger partial charge in [0.05, 0.1) is 11.7 Å². The van der Waals surface area contributed by atoms with Crippen molar-refractivity contribution in [1.82, 2.24) is 4.98 Å². The van der Waals surface area contributed by atoms with E-state index < -0.39 is 6.04 Å². The third-order valence-corrected chi connectivity index (χ3v) is 3.42. The average molecular weight is 319 g/mol. The summed E-state index contributed by atoms with van der Waals surface area (Å²) in [6.45, 7) is 0. The number of nitrogens with two attached hydrogens (primary N) is 1. The van der Waals surface area contributed by atoms with Crippen molar-refractivity contribution < 1.29 is 4.79 Å². The standard InChI is InChI=1S/C11H13BrClN3O/c12-7-4-9(10(13)15-5-7)16-11(17)8(14)3-6-1-2-6/h4-6,8H,1-3,14H2,(H,16,17)/t8-/m0/s1. The van der Waals surface area contributed by atoms with E-state index in [1.807, 2.05) is 0 Å². The molecule has 0 unspecified atom stereocenters. The summed E-state index contributed by atoms with van der Waals surface area (Å²) in [6, 6.07) is 1.23. The van der Waals surface area contributed by atoms with Gasteiger partial charge >= 0.3 is 0 Å². The lowest BCUT2D eigenvalue weighted by atomic mass is 10.1. The van der Waals surface area contributed by atoms with Gasteiger partial charge in [-0.1, -0.05) is 24.4 Å². The highest BCUT2D eigenvalue weighted by Gasteiger charge is 2.27. The summed E-state index contributed by atoms with van der Waals surface area (Å²) >= 11 is 9.15. The van der Waals surface area contributed by atoms with Crippen molar-refractivity contribution in [3.05, 3.63) is 21.9 Å². The van der Waals surface area contributed by atoms with Crippen LogP contribution in [0.25, 0.3) is 0 Å². The van der Waals surface area contributed by atoms with Crippen LogP contribution in [0.3, 0.4) is 0 Å². The number of nitrogens with zero attached hydrogens (tertiary/aromatic N) is 1. The van der Waals surface area contributed by atoms with Crippen LogP contribution in [0.5, 0.6) is 0 Å². The van der Waals surface area contributed by atoms with Crippen LogP contribution in [0, 0.1) is 5.92 Å². The second-order valence-corrected chi connectivity index (χ2v) is 5.54. The van der Waals surface area contributed by atoms with Gasteiger partial charge in [-0.2, -0.15) is 0 Å². The van der Waals surface area contributed by atoms with Crippen molar-refractivity contribution in [1.29, 1.82) is 0 Å². The maximum atomic E-state index is 11.8. The molecular weight excluding hydrogens is 305 g/mol. The molecule has 1 aromatic rings. The molecule has 6 heteroatoms. The van der Waals surface area contributed by atoms with Crippen LogP contribution in [-0.2, 0) is 4.79 Å². The minimum atomic E-state index is -0.474. The van der Waals surface area contributed by atoms with Crippen molar-refractivity contribution >= 4 is 39.1 Å². The fourth-order valence-electron chi connectivity index (χ4n) is 1.56. The molecule has 0 aliphatic heterocycles. The third-order valence-electron chi connectivity index (χ3n) is 2.68. The van der Waals surface area contributed by atoms with E-state index in [4.69, 9.17) is 17.3 Å². The molecule has 0 saturated heterocycles. The monoisotopic (exact) mass is 317 g/mol. The number of carbonyl (C=O) groups is 1. The molecule has 1 heterocycles. The number of aromatic nitrogens is 1. The first-order valence-electron chi connectivity index (χ1n) is 5.43. The fourth-order valence-corrected chi connectivity index (χ4v) is 2.04. The Hall–Kier alpha value is -0.650. The predicted molar refractivity (Wildman–Crippen MR) is 70.9 cm³/mol. The van der Waals surface area contributed by atoms with E-state index in [2.05, 4.69) is 26.2 Å². The number of hydrogen-bond donors (Lipinski definition) is 2. The molecule has 1 aliphatic carbocycles. The molecule has 1 atom stereocenters. The van der Waals surface area contributed by atoms with Gasteiger partial charge in [-0.25, -0.2) is 4.98 Å². The van der Waals surface area contributed by atoms with Crippen LogP contribution in [0.2, 0.25) is 5.15 Å². The smallest absolute Gasteiger partial charge is 0.241 e. The largest absolute Gasteiger partial charge is 0.322 e. The van der Waals surface area contributed by atoms with Crippen molar-refractivity contribution in [2.75, 3.05) is 5.32 Å². The number of anilines is 1. The van der Waals surface area contributed by atoms with E-state index in [-0.39, 0.29) is 11.1 Å². The van der Waals surface area contributed by atoms with Crippen LogP contribution in [0.1, 0.15) is 19.3 Å². The molecule has 1 saturated carbocycles. The topological polar surface area (TPSA) is 68.0 Å². The average Bonchev–Trinajstić information content (AvgIpc) is 3.07. The molecule has 1 aromatic heterocycles. The Bertz CT molecular complexity index is 437. The molecule has 0 bridgehead atoms. The molecule has 1 amide bonds. The van der Waals surface area contributed by atoms with Gasteiger partial charge < -0.3 is 11.1 Å². The molecule has 1 fully saturated rings. The first-order valence-corrected chi connectivity index (χ1v) is 6.61. The molecule has 92 valence electrons. The van der Waals surface area contributed by atoms with Crippen LogP contribution in [0.15, 0.2) is 16.7 Å². The fraction of sp³-hybridized carbons (Fsp3) is 0.455. The lowest BCUT2D eigenvalue weighted by Crippen LogP contribution is -2.36. The van der Waals surface area contributed by atoms with Gasteiger partial charge in [-0.05, 0) is 34.3 Å². The summed E-state index contributed by atoms with van der Waals surface area (Å²) in [7, 11) is 0. The number of amides is 1. The second-order valence-electron chi connectivity index (χ2n) is 4.27. The highest BCUT2D eigenvalue weighted by atomic mass is 79.9. The number of rotatable bonds is 4. The second kappa shape index (κ2) is 5.33. The molecule has 0 aromatic carbocycles. The number of carbonyl (C=O) groups excluding carboxylic acids is 1. The summed E-state index contributed by atoms with van der Waals surface area (Å²) in [5.41, 5.74) is 6.29. The molecule has 3 N–H and O–H groups in total. The minimum absolute atomic E-state index is 0.210. The zero-order chi connectivity index (χ0) is 12.4. The van der Waals surface area contributed by atoms with E-state index in [0.717, 1.165) is 10.9 Å².